The van der Waals surface area contributed by atoms with Gasteiger partial charge < -0.3 is 4.57 Å². The number of hydrogen-bond acceptors (Lipinski definition) is 1. The van der Waals surface area contributed by atoms with E-state index in [4.69, 9.17) is 0 Å². The molecule has 2 heteroatoms. The monoisotopic (exact) mass is 208 g/mol. The van der Waals surface area contributed by atoms with Crippen LogP contribution in [0, 0.1) is 12.8 Å². The van der Waals surface area contributed by atoms with Crippen LogP contribution < -0.4 is 0 Å². The molecule has 15 heavy (non-hydrogen) atoms. The molecule has 0 aliphatic carbocycles. The number of nitrogens with zero attached hydrogens (tertiary/aromatic N) is 2. The van der Waals surface area contributed by atoms with Gasteiger partial charge in [0.2, 0.25) is 0 Å². The van der Waals surface area contributed by atoms with Crippen LogP contribution in [0.2, 0.25) is 0 Å². The molecule has 0 aromatic carbocycles. The third-order valence-corrected chi connectivity index (χ3v) is 2.76. The second kappa shape index (κ2) is 5.94. The Bertz CT molecular complexity index is 287. The molecule has 0 saturated carbocycles. The largest absolute Gasteiger partial charge is 0.335 e. The van der Waals surface area contributed by atoms with Crippen LogP contribution in [0.3, 0.4) is 0 Å². The molecule has 0 amide bonds. The summed E-state index contributed by atoms with van der Waals surface area (Å²) < 4.78 is 2.29. The lowest BCUT2D eigenvalue weighted by Crippen LogP contribution is -1.98. The van der Waals surface area contributed by atoms with Gasteiger partial charge in [0.15, 0.2) is 0 Å². The Hall–Kier alpha value is -0.790. The van der Waals surface area contributed by atoms with Crippen molar-refractivity contribution in [2.75, 3.05) is 0 Å². The average Bonchev–Trinajstić information content (AvgIpc) is 2.53. The molecule has 0 N–H and O–H groups in total. The summed E-state index contributed by atoms with van der Waals surface area (Å²) in [5.41, 5.74) is 1.26. The Labute approximate surface area is 93.7 Å². The molecular weight excluding hydrogens is 184 g/mol. The van der Waals surface area contributed by atoms with Crippen LogP contribution in [0.5, 0.6) is 0 Å². The van der Waals surface area contributed by atoms with Crippen molar-refractivity contribution < 1.29 is 0 Å². The first-order valence-corrected chi connectivity index (χ1v) is 6.16. The summed E-state index contributed by atoms with van der Waals surface area (Å²) in [6.45, 7) is 9.99. The standard InChI is InChI=1S/C13H24N2/c1-5-6-9-15-10-13(14-12(15)4)8-7-11(2)3/h10-11H,5-9H2,1-4H3. The number of aryl methyl sites for hydroxylation is 3. The molecule has 0 radical (unpaired) electrons. The van der Waals surface area contributed by atoms with Gasteiger partial charge in [-0.3, -0.25) is 0 Å². The van der Waals surface area contributed by atoms with Crippen LogP contribution in [-0.4, -0.2) is 9.55 Å². The zero-order valence-corrected chi connectivity index (χ0v) is 10.6. The lowest BCUT2D eigenvalue weighted by molar-refractivity contribution is 0.581. The minimum atomic E-state index is 0.770. The van der Waals surface area contributed by atoms with Crippen LogP contribution in [0.25, 0.3) is 0 Å². The van der Waals surface area contributed by atoms with Crippen LogP contribution in [0.15, 0.2) is 6.20 Å². The Morgan fingerprint density at radius 2 is 2.13 bits per heavy atom. The van der Waals surface area contributed by atoms with E-state index in [0.717, 1.165) is 18.9 Å². The summed E-state index contributed by atoms with van der Waals surface area (Å²) in [7, 11) is 0. The Morgan fingerprint density at radius 3 is 2.73 bits per heavy atom. The van der Waals surface area contributed by atoms with Crippen molar-refractivity contribution in [1.29, 1.82) is 0 Å². The molecule has 1 aromatic rings. The molecule has 0 aliphatic rings. The highest BCUT2D eigenvalue weighted by molar-refractivity contribution is 5.03. The quantitative estimate of drug-likeness (QED) is 0.698. The summed E-state index contributed by atoms with van der Waals surface area (Å²) in [6, 6.07) is 0. The van der Waals surface area contributed by atoms with Gasteiger partial charge in [0.1, 0.15) is 5.82 Å². The van der Waals surface area contributed by atoms with Crippen molar-refractivity contribution in [2.45, 2.75) is 59.9 Å². The van der Waals surface area contributed by atoms with Gasteiger partial charge in [-0.1, -0.05) is 27.2 Å². The van der Waals surface area contributed by atoms with Crippen LogP contribution in [-0.2, 0) is 13.0 Å². The highest BCUT2D eigenvalue weighted by Crippen LogP contribution is 2.10. The SMILES string of the molecule is CCCCn1cc(CCC(C)C)nc1C. The predicted molar refractivity (Wildman–Crippen MR) is 65.0 cm³/mol. The van der Waals surface area contributed by atoms with E-state index in [-0.39, 0.29) is 0 Å². The van der Waals surface area contributed by atoms with E-state index in [0.29, 0.717) is 0 Å². The van der Waals surface area contributed by atoms with Crippen LogP contribution in [0.1, 0.15) is 51.6 Å². The first kappa shape index (κ1) is 12.3. The molecule has 0 aliphatic heterocycles. The normalized spacial score (nSPS) is 11.3. The second-order valence-corrected chi connectivity index (χ2v) is 4.76. The average molecular weight is 208 g/mol. The van der Waals surface area contributed by atoms with Gasteiger partial charge in [0.05, 0.1) is 5.69 Å². The molecular formula is C13H24N2. The number of rotatable bonds is 6. The first-order chi connectivity index (χ1) is 7.13. The van der Waals surface area contributed by atoms with E-state index >= 15 is 0 Å². The van der Waals surface area contributed by atoms with Gasteiger partial charge in [-0.05, 0) is 32.1 Å². The van der Waals surface area contributed by atoms with Crippen molar-refractivity contribution in [3.63, 3.8) is 0 Å². The van der Waals surface area contributed by atoms with Crippen molar-refractivity contribution in [1.82, 2.24) is 9.55 Å². The maximum absolute atomic E-state index is 4.60. The third kappa shape index (κ3) is 4.06. The molecule has 2 nitrogen and oxygen atoms in total. The fraction of sp³-hybridized carbons (Fsp3) is 0.769. The van der Waals surface area contributed by atoms with Crippen molar-refractivity contribution in [2.24, 2.45) is 5.92 Å². The number of imidazole rings is 1. The summed E-state index contributed by atoms with van der Waals surface area (Å²) in [4.78, 5) is 4.60. The second-order valence-electron chi connectivity index (χ2n) is 4.76. The lowest BCUT2D eigenvalue weighted by Gasteiger charge is -2.02. The fourth-order valence-corrected chi connectivity index (χ4v) is 1.69. The maximum atomic E-state index is 4.60. The van der Waals surface area contributed by atoms with Crippen LogP contribution >= 0.6 is 0 Å². The molecule has 0 bridgehead atoms. The van der Waals surface area contributed by atoms with Crippen molar-refractivity contribution >= 4 is 0 Å². The van der Waals surface area contributed by atoms with Gasteiger partial charge in [-0.15, -0.1) is 0 Å². The van der Waals surface area contributed by atoms with E-state index in [9.17, 15) is 0 Å². The maximum Gasteiger partial charge on any atom is 0.105 e. The minimum absolute atomic E-state index is 0.770. The molecule has 0 spiro atoms. The fourth-order valence-electron chi connectivity index (χ4n) is 1.69. The minimum Gasteiger partial charge on any atom is -0.335 e. The first-order valence-electron chi connectivity index (χ1n) is 6.16. The highest BCUT2D eigenvalue weighted by Gasteiger charge is 2.04. The van der Waals surface area contributed by atoms with Gasteiger partial charge in [-0.25, -0.2) is 4.98 Å². The zero-order valence-electron chi connectivity index (χ0n) is 10.6. The molecule has 0 fully saturated rings. The number of unbranched alkanes of at least 4 members (excludes halogenated alkanes) is 1. The molecule has 0 atom stereocenters. The van der Waals surface area contributed by atoms with Crippen molar-refractivity contribution in [3.05, 3.63) is 17.7 Å². The van der Waals surface area contributed by atoms with Crippen LogP contribution in [0.4, 0.5) is 0 Å². The van der Waals surface area contributed by atoms with Gasteiger partial charge >= 0.3 is 0 Å². The highest BCUT2D eigenvalue weighted by atomic mass is 15.1. The number of hydrogen-bond donors (Lipinski definition) is 0. The van der Waals surface area contributed by atoms with E-state index in [1.165, 1.54) is 30.8 Å². The molecule has 0 saturated heterocycles. The van der Waals surface area contributed by atoms with Gasteiger partial charge in [-0.2, -0.15) is 0 Å². The Kier molecular flexibility index (Phi) is 4.86. The third-order valence-electron chi connectivity index (χ3n) is 2.76. The Morgan fingerprint density at radius 1 is 1.40 bits per heavy atom. The molecule has 86 valence electrons. The summed E-state index contributed by atoms with van der Waals surface area (Å²) >= 11 is 0. The summed E-state index contributed by atoms with van der Waals surface area (Å²) in [5, 5.41) is 0. The van der Waals surface area contributed by atoms with Gasteiger partial charge in [0.25, 0.3) is 0 Å². The van der Waals surface area contributed by atoms with E-state index < -0.39 is 0 Å². The van der Waals surface area contributed by atoms with E-state index in [1.54, 1.807) is 0 Å². The van der Waals surface area contributed by atoms with Gasteiger partial charge in [0, 0.05) is 12.7 Å². The molecule has 1 rings (SSSR count). The summed E-state index contributed by atoms with van der Waals surface area (Å²) in [6.07, 6.45) is 7.09. The molecule has 1 heterocycles. The lowest BCUT2D eigenvalue weighted by atomic mass is 10.1. The zero-order chi connectivity index (χ0) is 11.3. The van der Waals surface area contributed by atoms with E-state index in [1.807, 2.05) is 0 Å². The number of aromatic nitrogens is 2. The van der Waals surface area contributed by atoms with Crippen molar-refractivity contribution in [3.8, 4) is 0 Å². The predicted octanol–water partition coefficient (Wildman–Crippen LogP) is 3.58. The molecule has 1 aromatic heterocycles. The Balaban J connectivity index is 2.52. The summed E-state index contributed by atoms with van der Waals surface area (Å²) in [5.74, 6) is 1.94. The topological polar surface area (TPSA) is 17.8 Å². The molecule has 0 unspecified atom stereocenters. The smallest absolute Gasteiger partial charge is 0.105 e. The van der Waals surface area contributed by atoms with E-state index in [2.05, 4.69) is 43.4 Å².